The van der Waals surface area contributed by atoms with Gasteiger partial charge in [0.05, 0.1) is 6.54 Å². The molecule has 1 saturated heterocycles. The van der Waals surface area contributed by atoms with E-state index >= 15 is 0 Å². The van der Waals surface area contributed by atoms with Crippen LogP contribution in [0.3, 0.4) is 0 Å². The molecule has 1 amide bonds. The Morgan fingerprint density at radius 1 is 1.43 bits per heavy atom. The molecule has 0 spiro atoms. The van der Waals surface area contributed by atoms with Crippen molar-refractivity contribution in [3.05, 3.63) is 0 Å². The van der Waals surface area contributed by atoms with Crippen molar-refractivity contribution < 1.29 is 9.59 Å². The van der Waals surface area contributed by atoms with Crippen LogP contribution in [0.4, 0.5) is 0 Å². The van der Waals surface area contributed by atoms with Crippen LogP contribution in [0.1, 0.15) is 39.5 Å². The summed E-state index contributed by atoms with van der Waals surface area (Å²) < 4.78 is 0. The average molecular weight is 195 g/mol. The Hall–Kier alpha value is -0.860. The Kier molecular flexibility index (Phi) is 2.13. The quantitative estimate of drug-likeness (QED) is 0.633. The average Bonchev–Trinajstić information content (AvgIpc) is 2.91. The maximum Gasteiger partial charge on any atom is 0.226 e. The van der Waals surface area contributed by atoms with Gasteiger partial charge < -0.3 is 4.90 Å². The van der Waals surface area contributed by atoms with Gasteiger partial charge in [0.25, 0.3) is 0 Å². The minimum Gasteiger partial charge on any atom is -0.330 e. The molecule has 0 N–H and O–H groups in total. The summed E-state index contributed by atoms with van der Waals surface area (Å²) in [6, 6.07) is 0. The predicted molar refractivity (Wildman–Crippen MR) is 52.8 cm³/mol. The number of Topliss-reactive ketones (excluding diaryl/α,β-unsaturated/α-hetero) is 1. The maximum atomic E-state index is 11.9. The van der Waals surface area contributed by atoms with Crippen molar-refractivity contribution in [1.82, 2.24) is 4.90 Å². The van der Waals surface area contributed by atoms with Gasteiger partial charge in [-0.3, -0.25) is 9.59 Å². The highest BCUT2D eigenvalue weighted by atomic mass is 16.2. The minimum absolute atomic E-state index is 0.117. The second-order valence-corrected chi connectivity index (χ2v) is 5.05. The van der Waals surface area contributed by atoms with Crippen molar-refractivity contribution in [2.24, 2.45) is 5.92 Å². The normalized spacial score (nSPS) is 26.4. The van der Waals surface area contributed by atoms with Gasteiger partial charge in [0.2, 0.25) is 5.91 Å². The van der Waals surface area contributed by atoms with E-state index in [2.05, 4.69) is 13.8 Å². The van der Waals surface area contributed by atoms with Crippen LogP contribution in [0.5, 0.6) is 0 Å². The van der Waals surface area contributed by atoms with Crippen molar-refractivity contribution in [2.45, 2.75) is 45.1 Å². The molecule has 1 aliphatic carbocycles. The van der Waals surface area contributed by atoms with E-state index in [1.165, 1.54) is 0 Å². The second-order valence-electron chi connectivity index (χ2n) is 5.05. The molecule has 0 bridgehead atoms. The molecule has 2 rings (SSSR count). The van der Waals surface area contributed by atoms with Crippen LogP contribution < -0.4 is 0 Å². The molecule has 3 heteroatoms. The van der Waals surface area contributed by atoms with Crippen molar-refractivity contribution in [3.63, 3.8) is 0 Å². The maximum absolute atomic E-state index is 11.9. The first kappa shape index (κ1) is 9.69. The zero-order chi connectivity index (χ0) is 10.3. The third kappa shape index (κ3) is 1.68. The molecular weight excluding hydrogens is 178 g/mol. The van der Waals surface area contributed by atoms with E-state index < -0.39 is 0 Å². The first-order valence-electron chi connectivity index (χ1n) is 5.34. The van der Waals surface area contributed by atoms with Gasteiger partial charge >= 0.3 is 0 Å². The van der Waals surface area contributed by atoms with Crippen molar-refractivity contribution in [2.75, 3.05) is 6.54 Å². The van der Waals surface area contributed by atoms with Gasteiger partial charge in [-0.25, -0.2) is 0 Å². The van der Waals surface area contributed by atoms with E-state index in [9.17, 15) is 9.59 Å². The lowest BCUT2D eigenvalue weighted by Gasteiger charge is -2.41. The van der Waals surface area contributed by atoms with Crippen LogP contribution in [0, 0.1) is 5.92 Å². The summed E-state index contributed by atoms with van der Waals surface area (Å²) in [5, 5.41) is 0. The number of piperidine rings is 1. The number of rotatable bonds is 1. The molecule has 1 heterocycles. The Morgan fingerprint density at radius 3 is 2.64 bits per heavy atom. The summed E-state index contributed by atoms with van der Waals surface area (Å²) in [7, 11) is 0. The van der Waals surface area contributed by atoms with E-state index in [1.54, 1.807) is 4.90 Å². The topological polar surface area (TPSA) is 37.4 Å². The van der Waals surface area contributed by atoms with Crippen LogP contribution in [0.2, 0.25) is 0 Å². The molecule has 0 radical (unpaired) electrons. The minimum atomic E-state index is -0.117. The van der Waals surface area contributed by atoms with Crippen LogP contribution in [-0.2, 0) is 9.59 Å². The first-order valence-corrected chi connectivity index (χ1v) is 5.34. The van der Waals surface area contributed by atoms with E-state index in [1.807, 2.05) is 0 Å². The Morgan fingerprint density at radius 2 is 2.07 bits per heavy atom. The van der Waals surface area contributed by atoms with Gasteiger partial charge in [0.15, 0.2) is 5.78 Å². The zero-order valence-electron chi connectivity index (χ0n) is 8.88. The fraction of sp³-hybridized carbons (Fsp3) is 0.818. The Bertz CT molecular complexity index is 279. The number of ketones is 1. The van der Waals surface area contributed by atoms with Crippen LogP contribution >= 0.6 is 0 Å². The highest BCUT2D eigenvalue weighted by molar-refractivity contribution is 5.89. The molecule has 0 atom stereocenters. The fourth-order valence-electron chi connectivity index (χ4n) is 1.98. The summed E-state index contributed by atoms with van der Waals surface area (Å²) in [4.78, 5) is 25.0. The fourth-order valence-corrected chi connectivity index (χ4v) is 1.98. The van der Waals surface area contributed by atoms with Crippen molar-refractivity contribution in [1.29, 1.82) is 0 Å². The lowest BCUT2D eigenvalue weighted by Crippen LogP contribution is -2.54. The standard InChI is InChI=1S/C11H17NO2/c1-11(2)6-5-9(13)7-12(11)10(14)8-3-4-8/h8H,3-7H2,1-2H3. The molecule has 2 fully saturated rings. The number of hydrogen-bond donors (Lipinski definition) is 0. The predicted octanol–water partition coefficient (Wildman–Crippen LogP) is 1.37. The summed E-state index contributed by atoms with van der Waals surface area (Å²) in [6.45, 7) is 4.45. The number of hydrogen-bond acceptors (Lipinski definition) is 2. The molecule has 0 aromatic heterocycles. The number of likely N-dealkylation sites (tertiary alicyclic amines) is 1. The summed E-state index contributed by atoms with van der Waals surface area (Å²) >= 11 is 0. The third-order valence-corrected chi connectivity index (χ3v) is 3.27. The lowest BCUT2D eigenvalue weighted by molar-refractivity contribution is -0.145. The van der Waals surface area contributed by atoms with Crippen molar-refractivity contribution >= 4 is 11.7 Å². The van der Waals surface area contributed by atoms with Gasteiger partial charge in [0, 0.05) is 17.9 Å². The van der Waals surface area contributed by atoms with E-state index in [-0.39, 0.29) is 23.1 Å². The van der Waals surface area contributed by atoms with Crippen molar-refractivity contribution in [3.8, 4) is 0 Å². The Labute approximate surface area is 84.5 Å². The molecule has 78 valence electrons. The molecule has 0 aromatic rings. The molecular formula is C11H17NO2. The summed E-state index contributed by atoms with van der Waals surface area (Å²) in [5.41, 5.74) is -0.117. The molecule has 2 aliphatic rings. The van der Waals surface area contributed by atoms with Gasteiger partial charge in [-0.1, -0.05) is 0 Å². The van der Waals surface area contributed by atoms with Gasteiger partial charge in [-0.2, -0.15) is 0 Å². The largest absolute Gasteiger partial charge is 0.330 e. The number of amides is 1. The van der Waals surface area contributed by atoms with E-state index in [0.29, 0.717) is 13.0 Å². The van der Waals surface area contributed by atoms with E-state index in [0.717, 1.165) is 19.3 Å². The highest BCUT2D eigenvalue weighted by Crippen LogP contribution is 2.35. The number of carbonyl (C=O) groups excluding carboxylic acids is 2. The Balaban J connectivity index is 2.12. The van der Waals surface area contributed by atoms with Crippen LogP contribution in [0.25, 0.3) is 0 Å². The SMILES string of the molecule is CC1(C)CCC(=O)CN1C(=O)C1CC1. The molecule has 0 unspecified atom stereocenters. The number of nitrogens with zero attached hydrogens (tertiary/aromatic N) is 1. The highest BCUT2D eigenvalue weighted by Gasteiger charge is 2.42. The lowest BCUT2D eigenvalue weighted by atomic mass is 9.89. The van der Waals surface area contributed by atoms with Gasteiger partial charge in [-0.05, 0) is 33.1 Å². The summed E-state index contributed by atoms with van der Waals surface area (Å²) in [6.07, 6.45) is 3.46. The molecule has 3 nitrogen and oxygen atoms in total. The van der Waals surface area contributed by atoms with Gasteiger partial charge in [-0.15, -0.1) is 0 Å². The second kappa shape index (κ2) is 3.07. The molecule has 14 heavy (non-hydrogen) atoms. The molecule has 1 saturated carbocycles. The molecule has 1 aliphatic heterocycles. The summed E-state index contributed by atoms with van der Waals surface area (Å²) in [5.74, 6) is 0.626. The monoisotopic (exact) mass is 195 g/mol. The van der Waals surface area contributed by atoms with E-state index in [4.69, 9.17) is 0 Å². The third-order valence-electron chi connectivity index (χ3n) is 3.27. The van der Waals surface area contributed by atoms with Crippen LogP contribution in [0.15, 0.2) is 0 Å². The number of carbonyl (C=O) groups is 2. The smallest absolute Gasteiger partial charge is 0.226 e. The molecule has 0 aromatic carbocycles. The first-order chi connectivity index (χ1) is 6.50. The van der Waals surface area contributed by atoms with Crippen LogP contribution in [-0.4, -0.2) is 28.7 Å². The van der Waals surface area contributed by atoms with Gasteiger partial charge in [0.1, 0.15) is 0 Å². The zero-order valence-corrected chi connectivity index (χ0v) is 8.88.